The molecule has 0 saturated heterocycles. The van der Waals surface area contributed by atoms with Crippen molar-refractivity contribution in [3.8, 4) is 0 Å². The molecule has 1 amide bonds. The van der Waals surface area contributed by atoms with Crippen molar-refractivity contribution in [3.63, 3.8) is 0 Å². The van der Waals surface area contributed by atoms with E-state index in [1.807, 2.05) is 39.0 Å². The third kappa shape index (κ3) is 8.34. The van der Waals surface area contributed by atoms with Gasteiger partial charge in [0.05, 0.1) is 6.04 Å². The molecule has 198 valence electrons. The second-order valence-corrected chi connectivity index (χ2v) is 16.5. The maximum Gasteiger partial charge on any atom is 0.408 e. The van der Waals surface area contributed by atoms with Crippen LogP contribution in [0.2, 0.25) is 18.1 Å². The summed E-state index contributed by atoms with van der Waals surface area (Å²) in [5, 5.41) is 5.51. The Kier molecular flexibility index (Phi) is 10.6. The Balaban J connectivity index is 1.94. The number of fused-ring (bicyclic) bond motifs is 1. The van der Waals surface area contributed by atoms with Crippen molar-refractivity contribution in [1.29, 1.82) is 0 Å². The maximum absolute atomic E-state index is 12.8. The Labute approximate surface area is 220 Å². The molecule has 0 unspecified atom stereocenters. The van der Waals surface area contributed by atoms with Gasteiger partial charge in [-0.25, -0.2) is 4.79 Å². The minimum atomic E-state index is -1.76. The van der Waals surface area contributed by atoms with Crippen LogP contribution in [0.5, 0.6) is 0 Å². The quantitative estimate of drug-likeness (QED) is 0.243. The van der Waals surface area contributed by atoms with Crippen LogP contribution in [0.15, 0.2) is 66.3 Å². The number of hydrogen-bond acceptors (Lipinski definition) is 3. The lowest BCUT2D eigenvalue weighted by Gasteiger charge is -2.37. The molecule has 0 aromatic heterocycles. The molecule has 0 aliphatic heterocycles. The molecule has 5 heteroatoms. The summed E-state index contributed by atoms with van der Waals surface area (Å²) in [6.45, 7) is 24.6. The number of rotatable bonds is 11. The fourth-order valence-corrected chi connectivity index (χ4v) is 5.23. The Morgan fingerprint density at radius 1 is 1.11 bits per heavy atom. The van der Waals surface area contributed by atoms with E-state index >= 15 is 0 Å². The number of ether oxygens (including phenoxy) is 1. The molecule has 1 N–H and O–H groups in total. The smallest absolute Gasteiger partial charge is 0.408 e. The van der Waals surface area contributed by atoms with Crippen molar-refractivity contribution in [1.82, 2.24) is 5.32 Å². The first-order valence-electron chi connectivity index (χ1n) is 13.2. The Bertz CT molecular complexity index is 1060. The van der Waals surface area contributed by atoms with Crippen LogP contribution >= 0.6 is 0 Å². The topological polar surface area (TPSA) is 47.6 Å². The molecule has 0 saturated carbocycles. The number of hydrogen-bond donors (Lipinski definition) is 1. The van der Waals surface area contributed by atoms with Crippen molar-refractivity contribution in [2.24, 2.45) is 5.92 Å². The second kappa shape index (κ2) is 12.7. The summed E-state index contributed by atoms with van der Waals surface area (Å²) in [7, 11) is -1.76. The van der Waals surface area contributed by atoms with Gasteiger partial charge >= 0.3 is 6.09 Å². The Morgan fingerprint density at radius 3 is 2.39 bits per heavy atom. The molecule has 2 rings (SSSR count). The maximum atomic E-state index is 12.8. The number of alkyl carbamates (subject to hydrolysis) is 1. The van der Waals surface area contributed by atoms with Gasteiger partial charge in [-0.3, -0.25) is 0 Å². The van der Waals surface area contributed by atoms with E-state index in [0.29, 0.717) is 12.3 Å². The highest BCUT2D eigenvalue weighted by Gasteiger charge is 2.37. The standard InChI is InChI=1S/C31H47NO3Si/c1-11-29(24(4)20-22(2)19-23(3)21-34-36(9,10)31(6,7)8)35-30(33)32-25(5)27-18-14-16-26-15-12-13-17-28(26)27/h12-18,20,23,25,29H,2,11,19,21H2,1,3-10H3,(H,32,33)/b24-20+/t23-,25+,29-/m0/s1. The SMILES string of the molecule is C=C(/C=C(\C)[C@H](CC)OC(=O)N[C@H](C)c1cccc2ccccc12)C[C@H](C)CO[Si](C)(C)C(C)(C)C. The molecule has 0 radical (unpaired) electrons. The molecular formula is C31H47NO3Si. The molecule has 0 bridgehead atoms. The number of amides is 1. The molecule has 0 aliphatic carbocycles. The van der Waals surface area contributed by atoms with Gasteiger partial charge in [0.2, 0.25) is 0 Å². The molecule has 2 aromatic rings. The molecule has 3 atom stereocenters. The van der Waals surface area contributed by atoms with Crippen LogP contribution in [0.4, 0.5) is 4.79 Å². The van der Waals surface area contributed by atoms with Gasteiger partial charge in [0.1, 0.15) is 6.10 Å². The zero-order valence-electron chi connectivity index (χ0n) is 23.9. The zero-order valence-corrected chi connectivity index (χ0v) is 24.9. The largest absolute Gasteiger partial charge is 0.442 e. The van der Waals surface area contributed by atoms with E-state index in [9.17, 15) is 4.79 Å². The minimum Gasteiger partial charge on any atom is -0.442 e. The van der Waals surface area contributed by atoms with Crippen molar-refractivity contribution in [2.45, 2.75) is 91.6 Å². The highest BCUT2D eigenvalue weighted by atomic mass is 28.4. The van der Waals surface area contributed by atoms with Crippen LogP contribution in [0.25, 0.3) is 10.8 Å². The molecule has 36 heavy (non-hydrogen) atoms. The lowest BCUT2D eigenvalue weighted by Crippen LogP contribution is -2.41. The van der Waals surface area contributed by atoms with Crippen LogP contribution in [0.3, 0.4) is 0 Å². The molecular weight excluding hydrogens is 462 g/mol. The van der Waals surface area contributed by atoms with Gasteiger partial charge in [0, 0.05) is 6.61 Å². The van der Waals surface area contributed by atoms with E-state index in [0.717, 1.165) is 40.5 Å². The van der Waals surface area contributed by atoms with Gasteiger partial charge in [-0.2, -0.15) is 0 Å². The molecule has 0 fully saturated rings. The molecule has 2 aromatic carbocycles. The van der Waals surface area contributed by atoms with E-state index < -0.39 is 14.4 Å². The third-order valence-electron chi connectivity index (χ3n) is 7.33. The number of carbonyl (C=O) groups excluding carboxylic acids is 1. The van der Waals surface area contributed by atoms with Gasteiger partial charge in [0.15, 0.2) is 8.32 Å². The average Bonchev–Trinajstić information content (AvgIpc) is 2.79. The first-order valence-corrected chi connectivity index (χ1v) is 16.1. The third-order valence-corrected chi connectivity index (χ3v) is 11.8. The number of nitrogens with one attached hydrogen (secondary N) is 1. The van der Waals surface area contributed by atoms with Gasteiger partial charge < -0.3 is 14.5 Å². The van der Waals surface area contributed by atoms with E-state index in [-0.39, 0.29) is 17.2 Å². The van der Waals surface area contributed by atoms with Crippen LogP contribution < -0.4 is 5.32 Å². The summed E-state index contributed by atoms with van der Waals surface area (Å²) < 4.78 is 12.2. The Morgan fingerprint density at radius 2 is 1.75 bits per heavy atom. The predicted octanol–water partition coefficient (Wildman–Crippen LogP) is 8.96. The highest BCUT2D eigenvalue weighted by Crippen LogP contribution is 2.37. The lowest BCUT2D eigenvalue weighted by molar-refractivity contribution is 0.110. The van der Waals surface area contributed by atoms with Crippen molar-refractivity contribution >= 4 is 25.2 Å². The summed E-state index contributed by atoms with van der Waals surface area (Å²) >= 11 is 0. The van der Waals surface area contributed by atoms with Crippen LogP contribution in [-0.2, 0) is 9.16 Å². The number of allylic oxidation sites excluding steroid dienone is 2. The first-order chi connectivity index (χ1) is 16.7. The normalized spacial score (nSPS) is 15.3. The fraction of sp³-hybridized carbons (Fsp3) is 0.516. The van der Waals surface area contributed by atoms with E-state index in [2.05, 4.69) is 83.0 Å². The summed E-state index contributed by atoms with van der Waals surface area (Å²) in [6.07, 6.45) is 2.93. The molecule has 0 spiro atoms. The first kappa shape index (κ1) is 29.9. The van der Waals surface area contributed by atoms with Crippen LogP contribution in [-0.4, -0.2) is 27.1 Å². The summed E-state index contributed by atoms with van der Waals surface area (Å²) in [4.78, 5) is 12.8. The number of carbonyl (C=O) groups is 1. The van der Waals surface area contributed by atoms with Crippen molar-refractivity contribution in [2.75, 3.05) is 6.61 Å². The minimum absolute atomic E-state index is 0.165. The second-order valence-electron chi connectivity index (χ2n) is 11.7. The van der Waals surface area contributed by atoms with Crippen molar-refractivity contribution in [3.05, 3.63) is 71.8 Å². The fourth-order valence-electron chi connectivity index (χ4n) is 4.09. The van der Waals surface area contributed by atoms with Crippen molar-refractivity contribution < 1.29 is 14.0 Å². The van der Waals surface area contributed by atoms with Gasteiger partial charge in [-0.1, -0.05) is 95.3 Å². The van der Waals surface area contributed by atoms with E-state index in [4.69, 9.17) is 9.16 Å². The van der Waals surface area contributed by atoms with Crippen LogP contribution in [0.1, 0.15) is 72.9 Å². The van der Waals surface area contributed by atoms with E-state index in [1.54, 1.807) is 0 Å². The Hall–Kier alpha value is -2.37. The highest BCUT2D eigenvalue weighted by molar-refractivity contribution is 6.74. The summed E-state index contributed by atoms with van der Waals surface area (Å²) in [6, 6.07) is 14.2. The molecule has 0 aliphatic rings. The summed E-state index contributed by atoms with van der Waals surface area (Å²) in [5.74, 6) is 0.376. The predicted molar refractivity (Wildman–Crippen MR) is 156 cm³/mol. The lowest BCUT2D eigenvalue weighted by atomic mass is 9.99. The van der Waals surface area contributed by atoms with Gasteiger partial charge in [-0.15, -0.1) is 0 Å². The average molecular weight is 510 g/mol. The van der Waals surface area contributed by atoms with Gasteiger partial charge in [-0.05, 0) is 72.6 Å². The van der Waals surface area contributed by atoms with Crippen LogP contribution in [0, 0.1) is 5.92 Å². The molecule has 0 heterocycles. The zero-order chi connectivity index (χ0) is 27.1. The number of benzene rings is 2. The van der Waals surface area contributed by atoms with E-state index in [1.165, 1.54) is 0 Å². The molecule has 4 nitrogen and oxygen atoms in total. The van der Waals surface area contributed by atoms with Gasteiger partial charge in [0.25, 0.3) is 0 Å². The monoisotopic (exact) mass is 509 g/mol. The summed E-state index contributed by atoms with van der Waals surface area (Å²) in [5.41, 5.74) is 3.12.